The van der Waals surface area contributed by atoms with Crippen LogP contribution in [0.3, 0.4) is 0 Å². The van der Waals surface area contributed by atoms with Crippen LogP contribution in [-0.2, 0) is 11.2 Å². The number of rotatable bonds is 6. The van der Waals surface area contributed by atoms with E-state index in [2.05, 4.69) is 20.8 Å². The summed E-state index contributed by atoms with van der Waals surface area (Å²) in [6.45, 7) is 2.22. The summed E-state index contributed by atoms with van der Waals surface area (Å²) in [7, 11) is 0. The van der Waals surface area contributed by atoms with Crippen LogP contribution in [-0.4, -0.2) is 40.3 Å². The van der Waals surface area contributed by atoms with E-state index in [1.165, 1.54) is 0 Å². The summed E-state index contributed by atoms with van der Waals surface area (Å²) in [5, 5.41) is 17.8. The van der Waals surface area contributed by atoms with E-state index in [0.29, 0.717) is 37.5 Å². The van der Waals surface area contributed by atoms with Crippen LogP contribution in [0, 0.1) is 12.3 Å². The maximum absolute atomic E-state index is 11.5. The van der Waals surface area contributed by atoms with Crippen LogP contribution in [0.1, 0.15) is 24.6 Å². The minimum Gasteiger partial charge on any atom is -0.481 e. The molecule has 3 N–H and O–H groups in total. The second-order valence-corrected chi connectivity index (χ2v) is 4.67. The highest BCUT2D eigenvalue weighted by atomic mass is 16.5. The Morgan fingerprint density at radius 3 is 2.68 bits per heavy atom. The van der Waals surface area contributed by atoms with Gasteiger partial charge in [0.25, 0.3) is 0 Å². The highest BCUT2D eigenvalue weighted by molar-refractivity contribution is 5.80. The van der Waals surface area contributed by atoms with Crippen molar-refractivity contribution < 1.29 is 19.2 Å². The van der Waals surface area contributed by atoms with E-state index in [9.17, 15) is 9.59 Å². The number of hydrogen-bond acceptors (Lipinski definition) is 5. The van der Waals surface area contributed by atoms with Crippen LogP contribution in [0.4, 0.5) is 4.79 Å². The molecule has 0 radical (unpaired) electrons. The average Bonchev–Trinajstić information content (AvgIpc) is 3.05. The maximum Gasteiger partial charge on any atom is 0.314 e. The summed E-state index contributed by atoms with van der Waals surface area (Å²) < 4.78 is 4.79. The lowest BCUT2D eigenvalue weighted by Gasteiger charge is -2.11. The molecular formula is C11H16N4O4. The van der Waals surface area contributed by atoms with Crippen molar-refractivity contribution in [3.63, 3.8) is 0 Å². The largest absolute Gasteiger partial charge is 0.481 e. The molecule has 0 aromatic carbocycles. The minimum absolute atomic E-state index is 0.162. The first kappa shape index (κ1) is 13.3. The van der Waals surface area contributed by atoms with Crippen molar-refractivity contribution in [1.29, 1.82) is 0 Å². The number of aliphatic carboxylic acids is 1. The fourth-order valence-corrected chi connectivity index (χ4v) is 1.66. The van der Waals surface area contributed by atoms with E-state index in [-0.39, 0.29) is 12.6 Å². The number of hydrogen-bond donors (Lipinski definition) is 3. The molecule has 2 amide bonds. The summed E-state index contributed by atoms with van der Waals surface area (Å²) in [5.74, 6) is 0.161. The first-order valence-corrected chi connectivity index (χ1v) is 6.06. The number of carboxylic acids is 1. The zero-order valence-electron chi connectivity index (χ0n) is 10.6. The zero-order valence-corrected chi connectivity index (χ0v) is 10.6. The van der Waals surface area contributed by atoms with Gasteiger partial charge in [-0.05, 0) is 12.8 Å². The van der Waals surface area contributed by atoms with Crippen LogP contribution < -0.4 is 10.6 Å². The van der Waals surface area contributed by atoms with Gasteiger partial charge in [-0.1, -0.05) is 5.16 Å². The van der Waals surface area contributed by atoms with Gasteiger partial charge in [-0.25, -0.2) is 4.79 Å². The summed E-state index contributed by atoms with van der Waals surface area (Å²) in [5.41, 5.74) is -0.748. The third-order valence-electron chi connectivity index (χ3n) is 3.10. The van der Waals surface area contributed by atoms with Crippen molar-refractivity contribution in [2.24, 2.45) is 5.41 Å². The Kier molecular flexibility index (Phi) is 3.68. The molecule has 1 fully saturated rings. The van der Waals surface area contributed by atoms with Gasteiger partial charge < -0.3 is 20.3 Å². The van der Waals surface area contributed by atoms with Crippen LogP contribution in [0.15, 0.2) is 4.52 Å². The molecule has 0 aliphatic heterocycles. The number of carboxylic acid groups (broad SMARTS) is 1. The molecule has 0 bridgehead atoms. The summed E-state index contributed by atoms with van der Waals surface area (Å²) in [6, 6.07) is -0.382. The number of nitrogens with zero attached hydrogens (tertiary/aromatic N) is 2. The maximum atomic E-state index is 11.5. The first-order valence-electron chi connectivity index (χ1n) is 6.06. The monoisotopic (exact) mass is 268 g/mol. The fourth-order valence-electron chi connectivity index (χ4n) is 1.66. The Morgan fingerprint density at radius 1 is 1.42 bits per heavy atom. The molecule has 1 saturated carbocycles. The summed E-state index contributed by atoms with van der Waals surface area (Å²) >= 11 is 0. The Morgan fingerprint density at radius 2 is 2.16 bits per heavy atom. The van der Waals surface area contributed by atoms with Gasteiger partial charge in [0, 0.05) is 26.4 Å². The van der Waals surface area contributed by atoms with Crippen LogP contribution in [0.2, 0.25) is 0 Å². The van der Waals surface area contributed by atoms with Gasteiger partial charge >= 0.3 is 12.0 Å². The standard InChI is InChI=1S/C11H16N4O4/c1-7-14-8(15-19-7)2-5-12-10(18)13-6-11(3-4-11)9(16)17/h2-6H2,1H3,(H,16,17)(H2,12,13,18). The molecule has 19 heavy (non-hydrogen) atoms. The molecule has 2 rings (SSSR count). The van der Waals surface area contributed by atoms with Crippen LogP contribution in [0.25, 0.3) is 0 Å². The number of carbonyl (C=O) groups excluding carboxylic acids is 1. The molecule has 0 saturated heterocycles. The topological polar surface area (TPSA) is 117 Å². The highest BCUT2D eigenvalue weighted by Gasteiger charge is 2.50. The Bertz CT molecular complexity index is 481. The second kappa shape index (κ2) is 5.25. The molecule has 1 aromatic heterocycles. The summed E-state index contributed by atoms with van der Waals surface area (Å²) in [4.78, 5) is 26.4. The SMILES string of the molecule is Cc1nc(CCNC(=O)NCC2(C(=O)O)CC2)no1. The number of carbonyl (C=O) groups is 2. The lowest BCUT2D eigenvalue weighted by molar-refractivity contribution is -0.143. The fraction of sp³-hybridized carbons (Fsp3) is 0.636. The van der Waals surface area contributed by atoms with Crippen molar-refractivity contribution in [2.75, 3.05) is 13.1 Å². The van der Waals surface area contributed by atoms with E-state index in [1.807, 2.05) is 0 Å². The molecule has 1 aromatic rings. The van der Waals surface area contributed by atoms with E-state index in [4.69, 9.17) is 9.63 Å². The lowest BCUT2D eigenvalue weighted by Crippen LogP contribution is -2.41. The van der Waals surface area contributed by atoms with E-state index in [0.717, 1.165) is 0 Å². The summed E-state index contributed by atoms with van der Waals surface area (Å²) in [6.07, 6.45) is 1.70. The predicted molar refractivity (Wildman–Crippen MR) is 63.4 cm³/mol. The molecule has 1 aliphatic rings. The molecular weight excluding hydrogens is 252 g/mol. The van der Waals surface area contributed by atoms with E-state index >= 15 is 0 Å². The Hall–Kier alpha value is -2.12. The Balaban J connectivity index is 1.64. The smallest absolute Gasteiger partial charge is 0.314 e. The third kappa shape index (κ3) is 3.43. The molecule has 8 heteroatoms. The molecule has 0 spiro atoms. The van der Waals surface area contributed by atoms with Crippen LogP contribution in [0.5, 0.6) is 0 Å². The van der Waals surface area contributed by atoms with Gasteiger partial charge in [0.2, 0.25) is 5.89 Å². The second-order valence-electron chi connectivity index (χ2n) is 4.67. The van der Waals surface area contributed by atoms with E-state index < -0.39 is 11.4 Å². The van der Waals surface area contributed by atoms with Crippen molar-refractivity contribution >= 4 is 12.0 Å². The number of nitrogens with one attached hydrogen (secondary N) is 2. The number of urea groups is 1. The molecule has 1 heterocycles. The number of aromatic nitrogens is 2. The zero-order chi connectivity index (χ0) is 13.9. The first-order chi connectivity index (χ1) is 9.02. The molecule has 1 aliphatic carbocycles. The quantitative estimate of drug-likeness (QED) is 0.672. The average molecular weight is 268 g/mol. The van der Waals surface area contributed by atoms with Crippen LogP contribution >= 0.6 is 0 Å². The Labute approximate surface area is 109 Å². The van der Waals surface area contributed by atoms with Crippen molar-refractivity contribution in [2.45, 2.75) is 26.2 Å². The van der Waals surface area contributed by atoms with Gasteiger partial charge in [0.15, 0.2) is 5.82 Å². The van der Waals surface area contributed by atoms with Gasteiger partial charge in [-0.15, -0.1) is 0 Å². The minimum atomic E-state index is -0.852. The normalized spacial score (nSPS) is 15.8. The van der Waals surface area contributed by atoms with Gasteiger partial charge in [0.1, 0.15) is 0 Å². The third-order valence-corrected chi connectivity index (χ3v) is 3.10. The van der Waals surface area contributed by atoms with Crippen molar-refractivity contribution in [1.82, 2.24) is 20.8 Å². The molecule has 0 unspecified atom stereocenters. The van der Waals surface area contributed by atoms with Gasteiger partial charge in [-0.3, -0.25) is 4.79 Å². The number of aryl methyl sites for hydroxylation is 1. The predicted octanol–water partition coefficient (Wildman–Crippen LogP) is 0.0845. The molecule has 0 atom stereocenters. The highest BCUT2D eigenvalue weighted by Crippen LogP contribution is 2.45. The van der Waals surface area contributed by atoms with Gasteiger partial charge in [0.05, 0.1) is 5.41 Å². The number of amides is 2. The van der Waals surface area contributed by atoms with Crippen molar-refractivity contribution in [3.8, 4) is 0 Å². The van der Waals surface area contributed by atoms with E-state index in [1.54, 1.807) is 6.92 Å². The molecule has 104 valence electrons. The molecule has 8 nitrogen and oxygen atoms in total. The lowest BCUT2D eigenvalue weighted by atomic mass is 10.1. The van der Waals surface area contributed by atoms with Gasteiger partial charge in [-0.2, -0.15) is 4.98 Å². The van der Waals surface area contributed by atoms with Crippen molar-refractivity contribution in [3.05, 3.63) is 11.7 Å².